The molecule has 3 aromatic carbocycles. The van der Waals surface area contributed by atoms with Gasteiger partial charge in [-0.05, 0) is 112 Å². The van der Waals surface area contributed by atoms with Crippen LogP contribution in [0, 0.1) is 45.1 Å². The van der Waals surface area contributed by atoms with Crippen LogP contribution in [0.3, 0.4) is 0 Å². The predicted molar refractivity (Wildman–Crippen MR) is 158 cm³/mol. The smallest absolute Gasteiger partial charge is 0.265 e. The quantitative estimate of drug-likeness (QED) is 0.269. The SMILES string of the molecule is Cc1cc(C)c(NC(=O)[C@@H](C)Oc2cccc(O[C@H](C)C(=O)Nc3c(C)cc(C)cc3C)c2I)c(C)c1. The molecule has 0 aliphatic carbocycles. The van der Waals surface area contributed by atoms with Crippen molar-refractivity contribution in [3.8, 4) is 11.5 Å². The molecule has 0 bridgehead atoms. The Hall–Kier alpha value is -3.07. The maximum atomic E-state index is 12.9. The number of carbonyl (C=O) groups excluding carboxylic acids is 2. The second kappa shape index (κ2) is 12.0. The molecule has 7 heteroatoms. The molecule has 2 atom stereocenters. The molecular weight excluding hydrogens is 579 g/mol. The molecule has 3 rings (SSSR count). The zero-order valence-corrected chi connectivity index (χ0v) is 24.9. The Bertz CT molecular complexity index is 1190. The van der Waals surface area contributed by atoms with Crippen LogP contribution in [0.5, 0.6) is 11.5 Å². The average Bonchev–Trinajstić information content (AvgIpc) is 2.80. The van der Waals surface area contributed by atoms with Gasteiger partial charge in [0.1, 0.15) is 11.5 Å². The van der Waals surface area contributed by atoms with E-state index in [-0.39, 0.29) is 11.8 Å². The Kier molecular flexibility index (Phi) is 9.23. The van der Waals surface area contributed by atoms with Crippen molar-refractivity contribution in [3.63, 3.8) is 0 Å². The minimum Gasteiger partial charge on any atom is -0.480 e. The van der Waals surface area contributed by atoms with Crippen molar-refractivity contribution in [2.75, 3.05) is 10.6 Å². The fourth-order valence-corrected chi connectivity index (χ4v) is 4.98. The maximum absolute atomic E-state index is 12.9. The fraction of sp³-hybridized carbons (Fsp3) is 0.333. The van der Waals surface area contributed by atoms with E-state index in [1.54, 1.807) is 32.0 Å². The maximum Gasteiger partial charge on any atom is 0.265 e. The third-order valence-electron chi connectivity index (χ3n) is 6.12. The van der Waals surface area contributed by atoms with E-state index in [9.17, 15) is 9.59 Å². The molecule has 2 N–H and O–H groups in total. The number of hydrogen-bond donors (Lipinski definition) is 2. The van der Waals surface area contributed by atoms with Gasteiger partial charge in [-0.2, -0.15) is 0 Å². The molecule has 0 aliphatic heterocycles. The van der Waals surface area contributed by atoms with Crippen molar-refractivity contribution in [2.45, 2.75) is 67.6 Å². The van der Waals surface area contributed by atoms with Crippen molar-refractivity contribution in [2.24, 2.45) is 0 Å². The number of carbonyl (C=O) groups is 2. The summed E-state index contributed by atoms with van der Waals surface area (Å²) in [5, 5.41) is 5.98. The van der Waals surface area contributed by atoms with Crippen LogP contribution in [0.2, 0.25) is 0 Å². The highest BCUT2D eigenvalue weighted by Gasteiger charge is 2.22. The molecule has 196 valence electrons. The van der Waals surface area contributed by atoms with Gasteiger partial charge in [-0.15, -0.1) is 0 Å². The molecule has 0 aromatic heterocycles. The van der Waals surface area contributed by atoms with E-state index in [0.29, 0.717) is 15.1 Å². The van der Waals surface area contributed by atoms with E-state index < -0.39 is 12.2 Å². The lowest BCUT2D eigenvalue weighted by Gasteiger charge is -2.21. The number of amides is 2. The van der Waals surface area contributed by atoms with Crippen LogP contribution < -0.4 is 20.1 Å². The Labute approximate surface area is 233 Å². The number of ether oxygens (including phenoxy) is 2. The molecule has 3 aromatic rings. The van der Waals surface area contributed by atoms with Crippen LogP contribution in [0.4, 0.5) is 11.4 Å². The molecule has 0 saturated carbocycles. The Morgan fingerprint density at radius 1 is 0.676 bits per heavy atom. The highest BCUT2D eigenvalue weighted by molar-refractivity contribution is 14.1. The Balaban J connectivity index is 1.68. The predicted octanol–water partition coefficient (Wildman–Crippen LogP) is 6.95. The summed E-state index contributed by atoms with van der Waals surface area (Å²) in [6, 6.07) is 13.5. The summed E-state index contributed by atoms with van der Waals surface area (Å²) in [7, 11) is 0. The van der Waals surface area contributed by atoms with Crippen LogP contribution in [0.15, 0.2) is 42.5 Å². The second-order valence-electron chi connectivity index (χ2n) is 9.61. The monoisotopic (exact) mass is 614 g/mol. The van der Waals surface area contributed by atoms with E-state index in [4.69, 9.17) is 9.47 Å². The van der Waals surface area contributed by atoms with Gasteiger partial charge in [-0.1, -0.05) is 41.5 Å². The van der Waals surface area contributed by atoms with Gasteiger partial charge in [-0.3, -0.25) is 9.59 Å². The standard InChI is InChI=1S/C30H35IN2O4/c1-16-12-18(3)27(19(4)13-16)32-29(34)22(7)36-24-10-9-11-25(26(24)31)37-23(8)30(35)33-28-20(5)14-17(2)15-21(28)6/h9-15,22-23H,1-8H3,(H,32,34)(H,33,35)/t22-,23-/m1/s1. The molecule has 2 amide bonds. The van der Waals surface area contributed by atoms with Gasteiger partial charge >= 0.3 is 0 Å². The molecule has 0 aliphatic rings. The average molecular weight is 615 g/mol. The third-order valence-corrected chi connectivity index (χ3v) is 7.19. The lowest BCUT2D eigenvalue weighted by Crippen LogP contribution is -2.32. The normalized spacial score (nSPS) is 12.5. The number of benzene rings is 3. The first kappa shape index (κ1) is 28.5. The van der Waals surface area contributed by atoms with Gasteiger partial charge in [0.15, 0.2) is 12.2 Å². The summed E-state index contributed by atoms with van der Waals surface area (Å²) in [6.07, 6.45) is -1.48. The van der Waals surface area contributed by atoms with Crippen LogP contribution >= 0.6 is 22.6 Å². The summed E-state index contributed by atoms with van der Waals surface area (Å²) in [5.41, 5.74) is 7.93. The van der Waals surface area contributed by atoms with E-state index in [0.717, 1.165) is 44.8 Å². The largest absolute Gasteiger partial charge is 0.480 e. The minimum absolute atomic E-state index is 0.242. The van der Waals surface area contributed by atoms with Crippen molar-refractivity contribution in [1.82, 2.24) is 0 Å². The first-order chi connectivity index (χ1) is 17.4. The molecule has 0 heterocycles. The van der Waals surface area contributed by atoms with Crippen LogP contribution in [0.1, 0.15) is 47.2 Å². The summed E-state index contributed by atoms with van der Waals surface area (Å²) < 4.78 is 12.7. The van der Waals surface area contributed by atoms with E-state index in [2.05, 4.69) is 33.2 Å². The Morgan fingerprint density at radius 2 is 1.00 bits per heavy atom. The molecule has 37 heavy (non-hydrogen) atoms. The van der Waals surface area contributed by atoms with Crippen molar-refractivity contribution in [3.05, 3.63) is 79.4 Å². The lowest BCUT2D eigenvalue weighted by atomic mass is 10.0. The van der Waals surface area contributed by atoms with Gasteiger partial charge in [0.05, 0.1) is 3.57 Å². The molecule has 0 unspecified atom stereocenters. The summed E-state index contributed by atoms with van der Waals surface area (Å²) >= 11 is 2.12. The molecule has 0 saturated heterocycles. The van der Waals surface area contributed by atoms with E-state index in [1.807, 2.05) is 65.8 Å². The molecule has 6 nitrogen and oxygen atoms in total. The van der Waals surface area contributed by atoms with Crippen LogP contribution in [-0.2, 0) is 9.59 Å². The van der Waals surface area contributed by atoms with Gasteiger partial charge in [-0.25, -0.2) is 0 Å². The lowest BCUT2D eigenvalue weighted by molar-refractivity contribution is -0.122. The van der Waals surface area contributed by atoms with E-state index >= 15 is 0 Å². The van der Waals surface area contributed by atoms with Gasteiger partial charge < -0.3 is 20.1 Å². The van der Waals surface area contributed by atoms with Gasteiger partial charge in [0.25, 0.3) is 11.8 Å². The molecule has 0 radical (unpaired) electrons. The second-order valence-corrected chi connectivity index (χ2v) is 10.7. The van der Waals surface area contributed by atoms with Crippen molar-refractivity contribution < 1.29 is 19.1 Å². The fourth-order valence-electron chi connectivity index (χ4n) is 4.36. The number of aryl methyl sites for hydroxylation is 6. The van der Waals surface area contributed by atoms with E-state index in [1.165, 1.54) is 0 Å². The summed E-state index contributed by atoms with van der Waals surface area (Å²) in [6.45, 7) is 15.4. The Morgan fingerprint density at radius 3 is 1.32 bits per heavy atom. The summed E-state index contributed by atoms with van der Waals surface area (Å²) in [5.74, 6) is 0.536. The highest BCUT2D eigenvalue weighted by atomic mass is 127. The van der Waals surface area contributed by atoms with Crippen molar-refractivity contribution >= 4 is 45.8 Å². The third kappa shape index (κ3) is 7.03. The van der Waals surface area contributed by atoms with Crippen molar-refractivity contribution in [1.29, 1.82) is 0 Å². The van der Waals surface area contributed by atoms with Gasteiger partial charge in [0, 0.05) is 11.4 Å². The summed E-state index contributed by atoms with van der Waals surface area (Å²) in [4.78, 5) is 25.8. The zero-order chi connectivity index (χ0) is 27.4. The molecule has 0 fully saturated rings. The first-order valence-corrected chi connectivity index (χ1v) is 13.3. The minimum atomic E-state index is -0.739. The van der Waals surface area contributed by atoms with Crippen LogP contribution in [0.25, 0.3) is 0 Å². The number of halogens is 1. The highest BCUT2D eigenvalue weighted by Crippen LogP contribution is 2.32. The molecular formula is C30H35IN2O4. The van der Waals surface area contributed by atoms with Crippen LogP contribution in [-0.4, -0.2) is 24.0 Å². The number of nitrogens with one attached hydrogen (secondary N) is 2. The topological polar surface area (TPSA) is 76.7 Å². The van der Waals surface area contributed by atoms with Gasteiger partial charge in [0.2, 0.25) is 0 Å². The number of rotatable bonds is 8. The number of anilines is 2. The zero-order valence-electron chi connectivity index (χ0n) is 22.7. The molecule has 0 spiro atoms. The number of hydrogen-bond acceptors (Lipinski definition) is 4. The first-order valence-electron chi connectivity index (χ1n) is 12.3.